The van der Waals surface area contributed by atoms with Gasteiger partial charge in [0.1, 0.15) is 12.2 Å². The Hall–Kier alpha value is -2.01. The maximum Gasteiger partial charge on any atom is 0.151 e. The van der Waals surface area contributed by atoms with Gasteiger partial charge in [-0.15, -0.1) is 0 Å². The first-order valence-electron chi connectivity index (χ1n) is 7.20. The summed E-state index contributed by atoms with van der Waals surface area (Å²) in [7, 11) is 0. The number of aliphatic hydroxyl groups is 1. The summed E-state index contributed by atoms with van der Waals surface area (Å²) in [5.41, 5.74) is 1.97. The molecule has 0 saturated heterocycles. The van der Waals surface area contributed by atoms with Crippen LogP contribution in [0.5, 0.6) is 0 Å². The molecule has 0 aromatic heterocycles. The lowest BCUT2D eigenvalue weighted by atomic mass is 10.2. The first-order valence-corrected chi connectivity index (χ1v) is 7.20. The van der Waals surface area contributed by atoms with Crippen molar-refractivity contribution < 1.29 is 19.4 Å². The van der Waals surface area contributed by atoms with Gasteiger partial charge in [-0.3, -0.25) is 0 Å². The number of carbonyl (C=O) groups excluding carboxylic acids is 1. The van der Waals surface area contributed by atoms with Crippen molar-refractivity contribution in [3.63, 3.8) is 0 Å². The molecule has 0 fully saturated rings. The zero-order valence-corrected chi connectivity index (χ0v) is 12.3. The molecule has 4 nitrogen and oxygen atoms in total. The van der Waals surface area contributed by atoms with Gasteiger partial charge in [-0.2, -0.15) is 0 Å². The van der Waals surface area contributed by atoms with E-state index in [4.69, 9.17) is 9.47 Å². The van der Waals surface area contributed by atoms with Crippen molar-refractivity contribution >= 4 is 6.29 Å². The molecule has 0 aliphatic carbocycles. The third kappa shape index (κ3) is 5.41. The molecule has 116 valence electrons. The first kappa shape index (κ1) is 16.4. The monoisotopic (exact) mass is 300 g/mol. The molecule has 0 unspecified atom stereocenters. The molecule has 2 aromatic carbocycles. The fourth-order valence-corrected chi connectivity index (χ4v) is 1.97. The van der Waals surface area contributed by atoms with Gasteiger partial charge >= 0.3 is 0 Å². The van der Waals surface area contributed by atoms with Gasteiger partial charge in [-0.05, 0) is 11.1 Å². The average molecular weight is 300 g/mol. The third-order valence-electron chi connectivity index (χ3n) is 3.20. The molecule has 22 heavy (non-hydrogen) atoms. The number of benzene rings is 2. The Morgan fingerprint density at radius 2 is 1.45 bits per heavy atom. The Balaban J connectivity index is 1.74. The fourth-order valence-electron chi connectivity index (χ4n) is 1.97. The molecule has 0 aliphatic heterocycles. The summed E-state index contributed by atoms with van der Waals surface area (Å²) in [5.74, 6) is 0. The molecule has 2 atom stereocenters. The summed E-state index contributed by atoms with van der Waals surface area (Å²) < 4.78 is 10.9. The van der Waals surface area contributed by atoms with Crippen LogP contribution in [0.2, 0.25) is 0 Å². The quantitative estimate of drug-likeness (QED) is 0.722. The molecule has 2 aromatic rings. The van der Waals surface area contributed by atoms with Crippen molar-refractivity contribution in [3.8, 4) is 0 Å². The molecule has 1 N–H and O–H groups in total. The van der Waals surface area contributed by atoms with Crippen LogP contribution >= 0.6 is 0 Å². The third-order valence-corrected chi connectivity index (χ3v) is 3.20. The summed E-state index contributed by atoms with van der Waals surface area (Å²) in [6.45, 7) is 0.718. The molecule has 0 saturated carbocycles. The topological polar surface area (TPSA) is 55.8 Å². The van der Waals surface area contributed by atoms with E-state index < -0.39 is 12.2 Å². The second-order valence-electron chi connectivity index (χ2n) is 4.97. The van der Waals surface area contributed by atoms with Crippen LogP contribution in [0.4, 0.5) is 0 Å². The molecule has 4 heteroatoms. The minimum absolute atomic E-state index is 0.0487. The highest BCUT2D eigenvalue weighted by Crippen LogP contribution is 2.07. The highest BCUT2D eigenvalue weighted by Gasteiger charge is 2.19. The molecular weight excluding hydrogens is 280 g/mol. The Morgan fingerprint density at radius 3 is 2.00 bits per heavy atom. The van der Waals surface area contributed by atoms with Crippen LogP contribution in [0.3, 0.4) is 0 Å². The van der Waals surface area contributed by atoms with E-state index >= 15 is 0 Å². The van der Waals surface area contributed by atoms with Crippen LogP contribution in [-0.2, 0) is 27.5 Å². The first-order chi connectivity index (χ1) is 10.8. The fraction of sp³-hybridized carbons (Fsp3) is 0.278. The predicted molar refractivity (Wildman–Crippen MR) is 83.2 cm³/mol. The molecule has 0 heterocycles. The molecule has 0 aliphatic rings. The number of hydrogen-bond acceptors (Lipinski definition) is 4. The van der Waals surface area contributed by atoms with Crippen molar-refractivity contribution in [1.82, 2.24) is 0 Å². The van der Waals surface area contributed by atoms with Gasteiger partial charge in [0.05, 0.1) is 19.8 Å². The van der Waals surface area contributed by atoms with E-state index in [1.54, 1.807) is 0 Å². The number of rotatable bonds is 9. The normalized spacial score (nSPS) is 13.5. The zero-order valence-electron chi connectivity index (χ0n) is 12.3. The van der Waals surface area contributed by atoms with Gasteiger partial charge < -0.3 is 19.4 Å². The van der Waals surface area contributed by atoms with Crippen LogP contribution in [0.25, 0.3) is 0 Å². The summed E-state index contributed by atoms with van der Waals surface area (Å²) in [4.78, 5) is 11.1. The van der Waals surface area contributed by atoms with Crippen molar-refractivity contribution in [2.24, 2.45) is 0 Å². The van der Waals surface area contributed by atoms with Crippen LogP contribution in [0.1, 0.15) is 11.1 Å². The minimum atomic E-state index is -0.982. The standard InChI is InChI=1S/C18H20O4/c19-11-18(22-13-16-9-5-2-6-10-16)17(20)14-21-12-15-7-3-1-4-8-15/h1-11,17-18,20H,12-14H2/t17-,18+/m1/s1. The second-order valence-corrected chi connectivity index (χ2v) is 4.97. The number of ether oxygens (including phenoxy) is 2. The average Bonchev–Trinajstić information content (AvgIpc) is 2.57. The summed E-state index contributed by atoms with van der Waals surface area (Å²) in [6, 6.07) is 19.2. The van der Waals surface area contributed by atoms with Gasteiger partial charge in [0, 0.05) is 0 Å². The molecular formula is C18H20O4. The molecule has 2 rings (SSSR count). The Bertz CT molecular complexity index is 542. The molecule has 0 spiro atoms. The Morgan fingerprint density at radius 1 is 0.909 bits per heavy atom. The van der Waals surface area contributed by atoms with Gasteiger partial charge in [0.25, 0.3) is 0 Å². The summed E-state index contributed by atoms with van der Waals surface area (Å²) in [6.07, 6.45) is -1.26. The number of hydrogen-bond donors (Lipinski definition) is 1. The molecule has 0 bridgehead atoms. The summed E-state index contributed by atoms with van der Waals surface area (Å²) >= 11 is 0. The largest absolute Gasteiger partial charge is 0.388 e. The van der Waals surface area contributed by atoms with Crippen molar-refractivity contribution in [2.45, 2.75) is 25.4 Å². The minimum Gasteiger partial charge on any atom is -0.388 e. The van der Waals surface area contributed by atoms with E-state index in [9.17, 15) is 9.90 Å². The van der Waals surface area contributed by atoms with E-state index in [1.165, 1.54) is 0 Å². The lowest BCUT2D eigenvalue weighted by Gasteiger charge is -2.18. The lowest BCUT2D eigenvalue weighted by molar-refractivity contribution is -0.131. The van der Waals surface area contributed by atoms with E-state index in [2.05, 4.69) is 0 Å². The Labute approximate surface area is 130 Å². The SMILES string of the molecule is O=C[C@H](OCc1ccccc1)[C@H](O)COCc1ccccc1. The highest BCUT2D eigenvalue weighted by atomic mass is 16.5. The lowest BCUT2D eigenvalue weighted by Crippen LogP contribution is -2.34. The Kier molecular flexibility index (Phi) is 6.77. The van der Waals surface area contributed by atoms with E-state index in [0.717, 1.165) is 11.1 Å². The van der Waals surface area contributed by atoms with Gasteiger partial charge in [-0.25, -0.2) is 0 Å². The predicted octanol–water partition coefficient (Wildman–Crippen LogP) is 2.35. The summed E-state index contributed by atoms with van der Waals surface area (Å²) in [5, 5.41) is 9.98. The van der Waals surface area contributed by atoms with E-state index in [-0.39, 0.29) is 13.2 Å². The number of aliphatic hydroxyl groups excluding tert-OH is 1. The van der Waals surface area contributed by atoms with Crippen LogP contribution in [0.15, 0.2) is 60.7 Å². The van der Waals surface area contributed by atoms with E-state index in [1.807, 2.05) is 60.7 Å². The van der Waals surface area contributed by atoms with Gasteiger partial charge in [-0.1, -0.05) is 60.7 Å². The highest BCUT2D eigenvalue weighted by molar-refractivity contribution is 5.57. The van der Waals surface area contributed by atoms with Crippen molar-refractivity contribution in [1.29, 1.82) is 0 Å². The van der Waals surface area contributed by atoms with Gasteiger partial charge in [0.2, 0.25) is 0 Å². The van der Waals surface area contributed by atoms with Crippen LogP contribution < -0.4 is 0 Å². The van der Waals surface area contributed by atoms with Crippen molar-refractivity contribution in [3.05, 3.63) is 71.8 Å². The van der Waals surface area contributed by atoms with Crippen LogP contribution in [0, 0.1) is 0 Å². The molecule has 0 radical (unpaired) electrons. The van der Waals surface area contributed by atoms with E-state index in [0.29, 0.717) is 12.9 Å². The number of carbonyl (C=O) groups is 1. The zero-order chi connectivity index (χ0) is 15.6. The number of aldehydes is 1. The van der Waals surface area contributed by atoms with Crippen molar-refractivity contribution in [2.75, 3.05) is 6.61 Å². The maximum absolute atomic E-state index is 11.1. The second kappa shape index (κ2) is 9.10. The van der Waals surface area contributed by atoms with Gasteiger partial charge in [0.15, 0.2) is 6.29 Å². The van der Waals surface area contributed by atoms with Crippen LogP contribution in [-0.4, -0.2) is 30.2 Å². The maximum atomic E-state index is 11.1. The smallest absolute Gasteiger partial charge is 0.151 e. The molecule has 0 amide bonds.